The van der Waals surface area contributed by atoms with E-state index < -0.39 is 5.97 Å². The summed E-state index contributed by atoms with van der Waals surface area (Å²) in [5.74, 6) is -0.467. The van der Waals surface area contributed by atoms with Gasteiger partial charge in [-0.05, 0) is 37.1 Å². The molecule has 6 nitrogen and oxygen atoms in total. The van der Waals surface area contributed by atoms with E-state index in [-0.39, 0.29) is 6.03 Å². The first kappa shape index (κ1) is 18.8. The van der Waals surface area contributed by atoms with E-state index in [9.17, 15) is 9.59 Å². The number of nitrogens with zero attached hydrogens (tertiary/aromatic N) is 2. The maximum atomic E-state index is 12.7. The molecule has 0 spiro atoms. The number of carbonyl (C=O) groups is 2. The Morgan fingerprint density at radius 1 is 0.926 bits per heavy atom. The summed E-state index contributed by atoms with van der Waals surface area (Å²) in [4.78, 5) is 28.6. The summed E-state index contributed by atoms with van der Waals surface area (Å²) in [5, 5.41) is 2.84. The summed E-state index contributed by atoms with van der Waals surface area (Å²) < 4.78 is 4.78. The van der Waals surface area contributed by atoms with Crippen molar-refractivity contribution in [3.63, 3.8) is 0 Å². The van der Waals surface area contributed by atoms with Gasteiger partial charge in [0.05, 0.1) is 18.4 Å². The number of methoxy groups -OCH3 is 1. The SMILES string of the molecule is COC(=O)c1ccccc1NC(=O)N1CCN(c2c(C)cccc2C)CC1. The standard InChI is InChI=1S/C21H25N3O3/c1-15-7-6-8-16(2)19(15)23-11-13-24(14-12-23)21(26)22-18-10-5-4-9-17(18)20(25)27-3/h4-10H,11-14H2,1-3H3,(H,22,26). The number of ether oxygens (including phenoxy) is 1. The van der Waals surface area contributed by atoms with Crippen molar-refractivity contribution in [3.05, 3.63) is 59.2 Å². The third kappa shape index (κ3) is 4.05. The highest BCUT2D eigenvalue weighted by Gasteiger charge is 2.24. The highest BCUT2D eigenvalue weighted by Crippen LogP contribution is 2.26. The molecule has 0 saturated carbocycles. The van der Waals surface area contributed by atoms with Gasteiger partial charge in [-0.2, -0.15) is 0 Å². The summed E-state index contributed by atoms with van der Waals surface area (Å²) in [6.07, 6.45) is 0. The Balaban J connectivity index is 1.65. The van der Waals surface area contributed by atoms with Gasteiger partial charge in [0.15, 0.2) is 0 Å². The van der Waals surface area contributed by atoms with Gasteiger partial charge in [-0.3, -0.25) is 0 Å². The molecule has 2 aromatic carbocycles. The number of para-hydroxylation sites is 2. The number of nitrogens with one attached hydrogen (secondary N) is 1. The molecule has 3 rings (SSSR count). The van der Waals surface area contributed by atoms with Crippen molar-refractivity contribution in [1.29, 1.82) is 0 Å². The minimum Gasteiger partial charge on any atom is -0.465 e. The Kier molecular flexibility index (Phi) is 5.64. The lowest BCUT2D eigenvalue weighted by atomic mass is 10.1. The Bertz CT molecular complexity index is 822. The van der Waals surface area contributed by atoms with Crippen molar-refractivity contribution in [3.8, 4) is 0 Å². The molecule has 142 valence electrons. The molecule has 2 aromatic rings. The Labute approximate surface area is 159 Å². The predicted molar refractivity (Wildman–Crippen MR) is 107 cm³/mol. The molecule has 1 fully saturated rings. The van der Waals surface area contributed by atoms with Gasteiger partial charge in [-0.25, -0.2) is 9.59 Å². The van der Waals surface area contributed by atoms with Crippen molar-refractivity contribution in [2.24, 2.45) is 0 Å². The second-order valence-electron chi connectivity index (χ2n) is 6.68. The first-order valence-electron chi connectivity index (χ1n) is 9.05. The van der Waals surface area contributed by atoms with E-state index in [4.69, 9.17) is 4.74 Å². The number of hydrogen-bond donors (Lipinski definition) is 1. The van der Waals surface area contributed by atoms with Crippen molar-refractivity contribution in [1.82, 2.24) is 4.90 Å². The number of rotatable bonds is 3. The number of urea groups is 1. The van der Waals surface area contributed by atoms with E-state index in [2.05, 4.69) is 42.3 Å². The van der Waals surface area contributed by atoms with E-state index in [0.717, 1.165) is 13.1 Å². The maximum absolute atomic E-state index is 12.7. The van der Waals surface area contributed by atoms with Crippen LogP contribution in [0.3, 0.4) is 0 Å². The zero-order valence-electron chi connectivity index (χ0n) is 16.0. The number of carbonyl (C=O) groups excluding carboxylic acids is 2. The summed E-state index contributed by atoms with van der Waals surface area (Å²) in [6, 6.07) is 13.0. The maximum Gasteiger partial charge on any atom is 0.339 e. The molecule has 0 unspecified atom stereocenters. The lowest BCUT2D eigenvalue weighted by molar-refractivity contribution is 0.0602. The Morgan fingerprint density at radius 2 is 1.56 bits per heavy atom. The van der Waals surface area contributed by atoms with Gasteiger partial charge in [-0.15, -0.1) is 0 Å². The number of amides is 2. The molecule has 0 aliphatic carbocycles. The van der Waals surface area contributed by atoms with Crippen LogP contribution in [0.1, 0.15) is 21.5 Å². The molecule has 27 heavy (non-hydrogen) atoms. The van der Waals surface area contributed by atoms with Crippen LogP contribution < -0.4 is 10.2 Å². The van der Waals surface area contributed by atoms with Crippen LogP contribution in [0.5, 0.6) is 0 Å². The molecule has 1 heterocycles. The number of anilines is 2. The highest BCUT2D eigenvalue weighted by molar-refractivity contribution is 6.00. The predicted octanol–water partition coefficient (Wildman–Crippen LogP) is 3.44. The lowest BCUT2D eigenvalue weighted by Gasteiger charge is -2.37. The normalized spacial score (nSPS) is 14.0. The van der Waals surface area contributed by atoms with Crippen LogP contribution in [0.25, 0.3) is 0 Å². The smallest absolute Gasteiger partial charge is 0.339 e. The molecule has 2 amide bonds. The quantitative estimate of drug-likeness (QED) is 0.844. The van der Waals surface area contributed by atoms with Crippen LogP contribution in [-0.4, -0.2) is 50.2 Å². The molecule has 0 atom stereocenters. The van der Waals surface area contributed by atoms with Crippen molar-refractivity contribution < 1.29 is 14.3 Å². The summed E-state index contributed by atoms with van der Waals surface area (Å²) in [6.45, 7) is 7.03. The highest BCUT2D eigenvalue weighted by atomic mass is 16.5. The number of esters is 1. The Morgan fingerprint density at radius 3 is 2.19 bits per heavy atom. The van der Waals surface area contributed by atoms with E-state index >= 15 is 0 Å². The monoisotopic (exact) mass is 367 g/mol. The molecular formula is C21H25N3O3. The molecule has 0 aromatic heterocycles. The lowest BCUT2D eigenvalue weighted by Crippen LogP contribution is -2.50. The first-order chi connectivity index (χ1) is 13.0. The van der Waals surface area contributed by atoms with Crippen LogP contribution in [-0.2, 0) is 4.74 Å². The Hall–Kier alpha value is -3.02. The summed E-state index contributed by atoms with van der Waals surface area (Å²) >= 11 is 0. The van der Waals surface area contributed by atoms with Gasteiger partial charge < -0.3 is 19.9 Å². The fourth-order valence-corrected chi connectivity index (χ4v) is 3.51. The van der Waals surface area contributed by atoms with Crippen LogP contribution in [0.4, 0.5) is 16.2 Å². The van der Waals surface area contributed by atoms with Gasteiger partial charge in [0.1, 0.15) is 0 Å². The molecule has 0 radical (unpaired) electrons. The van der Waals surface area contributed by atoms with Crippen molar-refractivity contribution in [2.75, 3.05) is 43.5 Å². The fourth-order valence-electron chi connectivity index (χ4n) is 3.51. The molecule has 1 saturated heterocycles. The third-order valence-electron chi connectivity index (χ3n) is 4.90. The number of hydrogen-bond acceptors (Lipinski definition) is 4. The zero-order chi connectivity index (χ0) is 19.4. The van der Waals surface area contributed by atoms with Crippen LogP contribution >= 0.6 is 0 Å². The van der Waals surface area contributed by atoms with Crippen LogP contribution in [0.15, 0.2) is 42.5 Å². The van der Waals surface area contributed by atoms with Gasteiger partial charge in [0.2, 0.25) is 0 Å². The molecule has 1 aliphatic heterocycles. The van der Waals surface area contributed by atoms with Crippen LogP contribution in [0, 0.1) is 13.8 Å². The molecule has 6 heteroatoms. The molecule has 1 aliphatic rings. The second-order valence-corrected chi connectivity index (χ2v) is 6.68. The van der Waals surface area contributed by atoms with Crippen molar-refractivity contribution in [2.45, 2.75) is 13.8 Å². The van der Waals surface area contributed by atoms with E-state index in [0.29, 0.717) is 24.3 Å². The number of piperazine rings is 1. The van der Waals surface area contributed by atoms with Gasteiger partial charge in [0, 0.05) is 31.9 Å². The largest absolute Gasteiger partial charge is 0.465 e. The third-order valence-corrected chi connectivity index (χ3v) is 4.90. The zero-order valence-corrected chi connectivity index (χ0v) is 16.0. The van der Waals surface area contributed by atoms with Gasteiger partial charge in [-0.1, -0.05) is 30.3 Å². The second kappa shape index (κ2) is 8.12. The van der Waals surface area contributed by atoms with E-state index in [1.165, 1.54) is 23.9 Å². The summed E-state index contributed by atoms with van der Waals surface area (Å²) in [5.41, 5.74) is 4.57. The first-order valence-corrected chi connectivity index (χ1v) is 9.05. The van der Waals surface area contributed by atoms with Gasteiger partial charge in [0.25, 0.3) is 0 Å². The molecular weight excluding hydrogens is 342 g/mol. The fraction of sp³-hybridized carbons (Fsp3) is 0.333. The number of aryl methyl sites for hydroxylation is 2. The van der Waals surface area contributed by atoms with Gasteiger partial charge >= 0.3 is 12.0 Å². The van der Waals surface area contributed by atoms with E-state index in [1.54, 1.807) is 29.2 Å². The molecule has 1 N–H and O–H groups in total. The summed E-state index contributed by atoms with van der Waals surface area (Å²) in [7, 11) is 1.33. The molecule has 0 bridgehead atoms. The minimum absolute atomic E-state index is 0.201. The van der Waals surface area contributed by atoms with Crippen LogP contribution in [0.2, 0.25) is 0 Å². The average Bonchev–Trinajstić information content (AvgIpc) is 2.68. The topological polar surface area (TPSA) is 61.9 Å². The number of benzene rings is 2. The average molecular weight is 367 g/mol. The van der Waals surface area contributed by atoms with Crippen molar-refractivity contribution >= 4 is 23.4 Å². The van der Waals surface area contributed by atoms with E-state index in [1.807, 2.05) is 0 Å². The minimum atomic E-state index is -0.467.